The van der Waals surface area contributed by atoms with E-state index in [0.29, 0.717) is 16.9 Å². The molecule has 0 spiro atoms. The van der Waals surface area contributed by atoms with E-state index in [0.717, 1.165) is 10.1 Å². The molecule has 0 N–H and O–H groups in total. The van der Waals surface area contributed by atoms with Crippen LogP contribution in [0.2, 0.25) is 0 Å². The first kappa shape index (κ1) is 29.8. The number of hydrogen-bond acceptors (Lipinski definition) is 6. The number of carboxylic acid groups (broad SMARTS) is 1. The molecule has 5 aromatic rings. The van der Waals surface area contributed by atoms with Gasteiger partial charge in [0.05, 0.1) is 29.5 Å². The summed E-state index contributed by atoms with van der Waals surface area (Å²) in [6.07, 6.45) is 0.0696. The standard InChI is InChI=1S/C32H26N2O6.Na/c35-29-28(20-23-16-18-25(19-17-23)31(36)37)30(40-22-39-21-24-10-4-1-5-11-24)34(27-14-8-3-9-15-27)32(38)33(29)26-12-6-2-7-13-26;/h1-19H,20-22H2,(H,36,37);/q;+1/p-1. The van der Waals surface area contributed by atoms with E-state index < -0.39 is 17.2 Å². The molecule has 0 aliphatic carbocycles. The van der Waals surface area contributed by atoms with Crippen LogP contribution in [-0.4, -0.2) is 21.9 Å². The SMILES string of the molecule is O=C([O-])c1ccc(Cc2c(OCOCc3ccccc3)n(-c3ccccc3)c(=O)n(-c3ccccc3)c2=O)cc1.[Na+]. The molecule has 4 aromatic carbocycles. The van der Waals surface area contributed by atoms with Crippen molar-refractivity contribution in [2.24, 2.45) is 0 Å². The molecule has 41 heavy (non-hydrogen) atoms. The number of aromatic nitrogens is 2. The third kappa shape index (κ3) is 6.93. The Labute approximate surface area is 258 Å². The number of ether oxygens (including phenoxy) is 2. The number of para-hydroxylation sites is 2. The third-order valence-corrected chi connectivity index (χ3v) is 6.29. The Morgan fingerprint density at radius 1 is 0.683 bits per heavy atom. The van der Waals surface area contributed by atoms with Gasteiger partial charge in [-0.05, 0) is 41.0 Å². The zero-order valence-corrected chi connectivity index (χ0v) is 24.4. The second kappa shape index (κ2) is 13.9. The molecular formula is C32H25N2NaO6. The van der Waals surface area contributed by atoms with Crippen LogP contribution >= 0.6 is 0 Å². The van der Waals surface area contributed by atoms with Gasteiger partial charge in [0.2, 0.25) is 5.88 Å². The van der Waals surface area contributed by atoms with Crippen LogP contribution in [0.25, 0.3) is 11.4 Å². The summed E-state index contributed by atoms with van der Waals surface area (Å²) in [7, 11) is 0. The molecule has 0 unspecified atom stereocenters. The van der Waals surface area contributed by atoms with Gasteiger partial charge in [-0.25, -0.2) is 13.9 Å². The van der Waals surface area contributed by atoms with E-state index in [1.807, 2.05) is 36.4 Å². The minimum atomic E-state index is -1.30. The van der Waals surface area contributed by atoms with Gasteiger partial charge in [0.25, 0.3) is 5.56 Å². The summed E-state index contributed by atoms with van der Waals surface area (Å²) in [4.78, 5) is 39.1. The first-order valence-electron chi connectivity index (χ1n) is 12.6. The summed E-state index contributed by atoms with van der Waals surface area (Å²) in [5.41, 5.74) is 1.57. The Bertz CT molecular complexity index is 1720. The average molecular weight is 557 g/mol. The van der Waals surface area contributed by atoms with Gasteiger partial charge in [-0.2, -0.15) is 0 Å². The Kier molecular flexibility index (Phi) is 10.1. The molecule has 1 heterocycles. The van der Waals surface area contributed by atoms with Crippen molar-refractivity contribution in [1.82, 2.24) is 9.13 Å². The molecule has 0 radical (unpaired) electrons. The van der Waals surface area contributed by atoms with Gasteiger partial charge in [-0.1, -0.05) is 91.0 Å². The molecule has 8 nitrogen and oxygen atoms in total. The predicted molar refractivity (Wildman–Crippen MR) is 148 cm³/mol. The number of hydrogen-bond donors (Lipinski definition) is 0. The smallest absolute Gasteiger partial charge is 0.545 e. The van der Waals surface area contributed by atoms with E-state index in [-0.39, 0.29) is 66.4 Å². The molecule has 0 saturated heterocycles. The molecule has 0 fully saturated rings. The summed E-state index contributed by atoms with van der Waals surface area (Å²) < 4.78 is 14.3. The fourth-order valence-corrected chi connectivity index (χ4v) is 4.34. The van der Waals surface area contributed by atoms with Crippen molar-refractivity contribution in [1.29, 1.82) is 0 Å². The first-order valence-corrected chi connectivity index (χ1v) is 12.6. The normalized spacial score (nSPS) is 10.5. The fourth-order valence-electron chi connectivity index (χ4n) is 4.34. The Balaban J connectivity index is 0.00000387. The molecule has 9 heteroatoms. The Hall–Kier alpha value is -4.21. The third-order valence-electron chi connectivity index (χ3n) is 6.29. The molecule has 0 atom stereocenters. The maximum atomic E-state index is 14.0. The quantitative estimate of drug-likeness (QED) is 0.141. The zero-order chi connectivity index (χ0) is 27.9. The van der Waals surface area contributed by atoms with E-state index in [1.54, 1.807) is 66.7 Å². The van der Waals surface area contributed by atoms with Crippen LogP contribution in [0.1, 0.15) is 27.0 Å². The van der Waals surface area contributed by atoms with Crippen molar-refractivity contribution >= 4 is 5.97 Å². The van der Waals surface area contributed by atoms with E-state index in [1.165, 1.54) is 16.7 Å². The maximum absolute atomic E-state index is 14.0. The van der Waals surface area contributed by atoms with E-state index in [9.17, 15) is 19.5 Å². The average Bonchev–Trinajstić information content (AvgIpc) is 2.99. The molecule has 0 aliphatic rings. The van der Waals surface area contributed by atoms with Gasteiger partial charge in [0.1, 0.15) is 0 Å². The van der Waals surface area contributed by atoms with Gasteiger partial charge in [-0.3, -0.25) is 4.79 Å². The predicted octanol–water partition coefficient (Wildman–Crippen LogP) is 0.500. The van der Waals surface area contributed by atoms with Crippen molar-refractivity contribution in [2.45, 2.75) is 13.0 Å². The molecule has 200 valence electrons. The number of nitrogens with zero attached hydrogens (tertiary/aromatic N) is 2. The molecule has 0 bridgehead atoms. The molecule has 5 rings (SSSR count). The number of rotatable bonds is 10. The van der Waals surface area contributed by atoms with Crippen molar-refractivity contribution in [3.63, 3.8) is 0 Å². The molecule has 0 aliphatic heterocycles. The summed E-state index contributed by atoms with van der Waals surface area (Å²) in [6.45, 7) is 0.0596. The maximum Gasteiger partial charge on any atom is 1.00 e. The summed E-state index contributed by atoms with van der Waals surface area (Å²) >= 11 is 0. The second-order valence-electron chi connectivity index (χ2n) is 8.97. The van der Waals surface area contributed by atoms with Gasteiger partial charge in [-0.15, -0.1) is 0 Å². The van der Waals surface area contributed by atoms with E-state index >= 15 is 0 Å². The minimum absolute atomic E-state index is 0. The van der Waals surface area contributed by atoms with Crippen LogP contribution in [0.3, 0.4) is 0 Å². The Morgan fingerprint density at radius 3 is 1.78 bits per heavy atom. The van der Waals surface area contributed by atoms with Crippen molar-refractivity contribution < 1.29 is 48.9 Å². The van der Waals surface area contributed by atoms with Crippen LogP contribution < -0.4 is 50.6 Å². The molecule has 0 amide bonds. The number of carbonyl (C=O) groups excluding carboxylic acids is 1. The van der Waals surface area contributed by atoms with Crippen molar-refractivity contribution in [3.05, 3.63) is 158 Å². The molecular weight excluding hydrogens is 531 g/mol. The van der Waals surface area contributed by atoms with Crippen LogP contribution in [0.4, 0.5) is 0 Å². The summed E-state index contributed by atoms with van der Waals surface area (Å²) in [6, 6.07) is 33.1. The van der Waals surface area contributed by atoms with Gasteiger partial charge >= 0.3 is 35.2 Å². The number of benzene rings is 4. The van der Waals surface area contributed by atoms with Crippen LogP contribution in [0.5, 0.6) is 5.88 Å². The minimum Gasteiger partial charge on any atom is -0.545 e. The second-order valence-corrected chi connectivity index (χ2v) is 8.97. The zero-order valence-electron chi connectivity index (χ0n) is 22.4. The number of aromatic carboxylic acids is 1. The van der Waals surface area contributed by atoms with Gasteiger partial charge in [0.15, 0.2) is 6.79 Å². The molecule has 1 aromatic heterocycles. The number of carboxylic acids is 1. The first-order chi connectivity index (χ1) is 19.5. The Morgan fingerprint density at radius 2 is 1.22 bits per heavy atom. The topological polar surface area (TPSA) is 103 Å². The van der Waals surface area contributed by atoms with Crippen LogP contribution in [-0.2, 0) is 17.8 Å². The van der Waals surface area contributed by atoms with Crippen molar-refractivity contribution in [2.75, 3.05) is 6.79 Å². The summed E-state index contributed by atoms with van der Waals surface area (Å²) in [5, 5.41) is 11.2. The monoisotopic (exact) mass is 556 g/mol. The number of carbonyl (C=O) groups is 1. The molecule has 0 saturated carbocycles. The van der Waals surface area contributed by atoms with Crippen LogP contribution in [0, 0.1) is 0 Å². The van der Waals surface area contributed by atoms with Gasteiger partial charge in [0, 0.05) is 6.42 Å². The van der Waals surface area contributed by atoms with E-state index in [4.69, 9.17) is 9.47 Å². The largest absolute Gasteiger partial charge is 1.00 e. The van der Waals surface area contributed by atoms with Crippen molar-refractivity contribution in [3.8, 4) is 17.3 Å². The fraction of sp³-hybridized carbons (Fsp3) is 0.0938. The van der Waals surface area contributed by atoms with E-state index in [2.05, 4.69) is 0 Å². The van der Waals surface area contributed by atoms with Gasteiger partial charge < -0.3 is 19.4 Å². The summed E-state index contributed by atoms with van der Waals surface area (Å²) in [5.74, 6) is -1.25. The van der Waals surface area contributed by atoms with Crippen LogP contribution in [0.15, 0.2) is 125 Å².